The number of phenolic OH excluding ortho intramolecular Hbond substituents is 1. The number of aromatic carboxylic acids is 1. The van der Waals surface area contributed by atoms with Gasteiger partial charge in [-0.1, -0.05) is 30.3 Å². The van der Waals surface area contributed by atoms with Gasteiger partial charge in [-0.15, -0.1) is 0 Å². The molecule has 2 aromatic carbocycles. The summed E-state index contributed by atoms with van der Waals surface area (Å²) in [5, 5.41) is 20.2. The maximum Gasteiger partial charge on any atom is 0.372 e. The first-order chi connectivity index (χ1) is 12.6. The lowest BCUT2D eigenvalue weighted by molar-refractivity contribution is 0.0664. The number of carbonyl (C=O) groups is 1. The van der Waals surface area contributed by atoms with E-state index in [9.17, 15) is 19.8 Å². The molecular formula is C20H20O6Si. The highest BCUT2D eigenvalue weighted by Crippen LogP contribution is 2.37. The van der Waals surface area contributed by atoms with Crippen LogP contribution in [0.2, 0.25) is 19.6 Å². The van der Waals surface area contributed by atoms with Crippen LogP contribution in [-0.2, 0) is 0 Å². The van der Waals surface area contributed by atoms with Crippen molar-refractivity contribution in [3.63, 3.8) is 0 Å². The molecule has 1 heterocycles. The molecule has 3 aromatic rings. The fourth-order valence-electron chi connectivity index (χ4n) is 2.86. The Morgan fingerprint density at radius 1 is 1.15 bits per heavy atom. The third kappa shape index (κ3) is 3.46. The topological polar surface area (TPSA) is 97.0 Å². The third-order valence-corrected chi connectivity index (χ3v) is 4.87. The van der Waals surface area contributed by atoms with E-state index in [1.54, 1.807) is 37.3 Å². The molecule has 140 valence electrons. The Labute approximate surface area is 156 Å². The molecule has 0 bridgehead atoms. The number of phenols is 1. The molecule has 0 saturated carbocycles. The summed E-state index contributed by atoms with van der Waals surface area (Å²) in [6.45, 7) is 7.58. The van der Waals surface area contributed by atoms with Crippen LogP contribution >= 0.6 is 0 Å². The molecule has 3 rings (SSSR count). The number of carboxylic acids is 1. The monoisotopic (exact) mass is 384 g/mol. The standard InChI is InChI=1S/C20H20O6Si/c1-11-13(26-27(2,3)4)10-14-16(17(11)21)18(22)15(19(25-14)20(23)24)12-8-6-5-7-9-12/h5-10,21H,1-4H3,(H,23,24). The van der Waals surface area contributed by atoms with Crippen molar-refractivity contribution in [1.82, 2.24) is 0 Å². The maximum absolute atomic E-state index is 13.1. The lowest BCUT2D eigenvalue weighted by Gasteiger charge is -2.21. The Balaban J connectivity index is 2.41. The molecule has 27 heavy (non-hydrogen) atoms. The van der Waals surface area contributed by atoms with Gasteiger partial charge in [-0.3, -0.25) is 4.79 Å². The van der Waals surface area contributed by atoms with Crippen LogP contribution in [0.5, 0.6) is 11.5 Å². The molecule has 0 aliphatic heterocycles. The van der Waals surface area contributed by atoms with Crippen LogP contribution in [0, 0.1) is 6.92 Å². The molecule has 0 atom stereocenters. The zero-order chi connectivity index (χ0) is 19.9. The van der Waals surface area contributed by atoms with Gasteiger partial charge in [0.25, 0.3) is 0 Å². The first-order valence-corrected chi connectivity index (χ1v) is 11.8. The Hall–Kier alpha value is -3.06. The van der Waals surface area contributed by atoms with Gasteiger partial charge in [0.2, 0.25) is 19.5 Å². The van der Waals surface area contributed by atoms with Crippen LogP contribution in [0.15, 0.2) is 45.6 Å². The minimum absolute atomic E-state index is 0.0200. The second kappa shape index (κ2) is 6.59. The molecule has 0 spiro atoms. The third-order valence-electron chi connectivity index (χ3n) is 4.04. The van der Waals surface area contributed by atoms with E-state index in [4.69, 9.17) is 8.84 Å². The van der Waals surface area contributed by atoms with Crippen molar-refractivity contribution in [1.29, 1.82) is 0 Å². The van der Waals surface area contributed by atoms with Crippen LogP contribution in [0.3, 0.4) is 0 Å². The number of aromatic hydroxyl groups is 1. The van der Waals surface area contributed by atoms with Gasteiger partial charge in [0.15, 0.2) is 0 Å². The van der Waals surface area contributed by atoms with E-state index in [-0.39, 0.29) is 22.3 Å². The van der Waals surface area contributed by atoms with Gasteiger partial charge < -0.3 is 19.1 Å². The summed E-state index contributed by atoms with van der Waals surface area (Å²) in [7, 11) is -2.00. The zero-order valence-corrected chi connectivity index (χ0v) is 16.5. The van der Waals surface area contributed by atoms with Gasteiger partial charge in [0.05, 0.1) is 5.56 Å². The van der Waals surface area contributed by atoms with Gasteiger partial charge in [-0.05, 0) is 32.1 Å². The summed E-state index contributed by atoms with van der Waals surface area (Å²) in [4.78, 5) is 24.8. The predicted octanol–water partition coefficient (Wildman–Crippen LogP) is 4.39. The van der Waals surface area contributed by atoms with Crippen LogP contribution in [-0.4, -0.2) is 24.5 Å². The quantitative estimate of drug-likeness (QED) is 0.648. The Kier molecular flexibility index (Phi) is 4.57. The van der Waals surface area contributed by atoms with E-state index in [0.717, 1.165) is 0 Å². The molecular weight excluding hydrogens is 364 g/mol. The maximum atomic E-state index is 13.1. The van der Waals surface area contributed by atoms with E-state index in [0.29, 0.717) is 16.9 Å². The number of hydrogen-bond acceptors (Lipinski definition) is 5. The van der Waals surface area contributed by atoms with Crippen LogP contribution in [0.1, 0.15) is 16.1 Å². The first kappa shape index (κ1) is 18.7. The second-order valence-corrected chi connectivity index (χ2v) is 11.7. The van der Waals surface area contributed by atoms with Crippen molar-refractivity contribution < 1.29 is 23.9 Å². The smallest absolute Gasteiger partial charge is 0.372 e. The van der Waals surface area contributed by atoms with E-state index >= 15 is 0 Å². The highest BCUT2D eigenvalue weighted by atomic mass is 28.4. The van der Waals surface area contributed by atoms with E-state index in [1.165, 1.54) is 6.07 Å². The molecule has 0 saturated heterocycles. The lowest BCUT2D eigenvalue weighted by atomic mass is 10.0. The summed E-state index contributed by atoms with van der Waals surface area (Å²) in [6.07, 6.45) is 0. The SMILES string of the molecule is Cc1c(O[Si](C)(C)C)cc2oc(C(=O)O)c(-c3ccccc3)c(=O)c2c1O. The highest BCUT2D eigenvalue weighted by Gasteiger charge is 2.26. The molecule has 0 fully saturated rings. The molecule has 0 amide bonds. The van der Waals surface area contributed by atoms with Crippen molar-refractivity contribution in [2.45, 2.75) is 26.6 Å². The minimum Gasteiger partial charge on any atom is -0.544 e. The Morgan fingerprint density at radius 2 is 1.78 bits per heavy atom. The van der Waals surface area contributed by atoms with Gasteiger partial charge in [0, 0.05) is 11.6 Å². The molecule has 2 N–H and O–H groups in total. The average molecular weight is 384 g/mol. The molecule has 6 nitrogen and oxygen atoms in total. The lowest BCUT2D eigenvalue weighted by Crippen LogP contribution is -2.29. The fourth-order valence-corrected chi connectivity index (χ4v) is 3.73. The van der Waals surface area contributed by atoms with Crippen molar-refractivity contribution in [2.75, 3.05) is 0 Å². The number of rotatable bonds is 4. The van der Waals surface area contributed by atoms with Crippen molar-refractivity contribution in [3.8, 4) is 22.6 Å². The minimum atomic E-state index is -2.00. The van der Waals surface area contributed by atoms with E-state index in [2.05, 4.69) is 0 Å². The second-order valence-electron chi connectivity index (χ2n) is 7.24. The molecule has 0 aliphatic rings. The molecule has 0 aliphatic carbocycles. The average Bonchev–Trinajstić information content (AvgIpc) is 2.58. The van der Waals surface area contributed by atoms with Gasteiger partial charge in [-0.2, -0.15) is 0 Å². The number of hydrogen-bond donors (Lipinski definition) is 2. The molecule has 0 radical (unpaired) electrons. The Bertz CT molecular complexity index is 1090. The summed E-state index contributed by atoms with van der Waals surface area (Å²) < 4.78 is 11.5. The number of carboxylic acid groups (broad SMARTS) is 1. The van der Waals surface area contributed by atoms with Gasteiger partial charge in [-0.25, -0.2) is 4.79 Å². The number of benzene rings is 2. The zero-order valence-electron chi connectivity index (χ0n) is 15.5. The summed E-state index contributed by atoms with van der Waals surface area (Å²) in [5.41, 5.74) is 0.113. The van der Waals surface area contributed by atoms with Crippen molar-refractivity contribution in [3.05, 3.63) is 57.9 Å². The first-order valence-electron chi connectivity index (χ1n) is 8.41. The molecule has 0 unspecified atom stereocenters. The predicted molar refractivity (Wildman–Crippen MR) is 105 cm³/mol. The van der Waals surface area contributed by atoms with Crippen molar-refractivity contribution >= 4 is 25.3 Å². The number of fused-ring (bicyclic) bond motifs is 1. The molecule has 1 aromatic heterocycles. The summed E-state index contributed by atoms with van der Waals surface area (Å²) >= 11 is 0. The van der Waals surface area contributed by atoms with Crippen molar-refractivity contribution in [2.24, 2.45) is 0 Å². The van der Waals surface area contributed by atoms with E-state index < -0.39 is 25.5 Å². The summed E-state index contributed by atoms with van der Waals surface area (Å²) in [5.74, 6) is -1.71. The molecule has 7 heteroatoms. The van der Waals surface area contributed by atoms with Crippen LogP contribution in [0.25, 0.3) is 22.1 Å². The largest absolute Gasteiger partial charge is 0.544 e. The van der Waals surface area contributed by atoms with Gasteiger partial charge in [0.1, 0.15) is 22.5 Å². The van der Waals surface area contributed by atoms with E-state index in [1.807, 2.05) is 19.6 Å². The van der Waals surface area contributed by atoms with Crippen LogP contribution in [0.4, 0.5) is 0 Å². The van der Waals surface area contributed by atoms with Crippen LogP contribution < -0.4 is 9.85 Å². The fraction of sp³-hybridized carbons (Fsp3) is 0.200. The highest BCUT2D eigenvalue weighted by molar-refractivity contribution is 6.70. The normalized spacial score (nSPS) is 11.6. The van der Waals surface area contributed by atoms with Gasteiger partial charge >= 0.3 is 5.97 Å². The Morgan fingerprint density at radius 3 is 2.33 bits per heavy atom. The summed E-state index contributed by atoms with van der Waals surface area (Å²) in [6, 6.07) is 9.87.